The van der Waals surface area contributed by atoms with Gasteiger partial charge in [0.05, 0.1) is 6.54 Å². The van der Waals surface area contributed by atoms with Crippen LogP contribution in [0.3, 0.4) is 0 Å². The Morgan fingerprint density at radius 3 is 2.39 bits per heavy atom. The summed E-state index contributed by atoms with van der Waals surface area (Å²) in [6.07, 6.45) is 9.23. The van der Waals surface area contributed by atoms with Crippen LogP contribution < -0.4 is 5.32 Å². The minimum atomic E-state index is -0.0547. The van der Waals surface area contributed by atoms with E-state index < -0.39 is 0 Å². The highest BCUT2D eigenvalue weighted by atomic mass is 16.1. The number of hydrogen-bond acceptors (Lipinski definition) is 4. The maximum absolute atomic E-state index is 13.1. The molecule has 3 aliphatic carbocycles. The molecule has 0 unspecified atom stereocenters. The van der Waals surface area contributed by atoms with Gasteiger partial charge in [-0.1, -0.05) is 13.8 Å². The SMILES string of the molecule is CC1(C)CC(=O)C2=C(C1)NC1=C(CN=N1)C21CCC2(CC2)CC1. The zero-order valence-corrected chi connectivity index (χ0v) is 14.2. The second kappa shape index (κ2) is 4.14. The van der Waals surface area contributed by atoms with Crippen molar-refractivity contribution < 1.29 is 4.79 Å². The Balaban J connectivity index is 1.62. The van der Waals surface area contributed by atoms with E-state index in [1.54, 1.807) is 0 Å². The summed E-state index contributed by atoms with van der Waals surface area (Å²) in [6.45, 7) is 5.08. The fraction of sp³-hybridized carbons (Fsp3) is 0.737. The van der Waals surface area contributed by atoms with Gasteiger partial charge in [0.15, 0.2) is 11.6 Å². The molecule has 0 amide bonds. The van der Waals surface area contributed by atoms with Gasteiger partial charge >= 0.3 is 0 Å². The average molecular weight is 311 g/mol. The van der Waals surface area contributed by atoms with Crippen LogP contribution in [0.2, 0.25) is 0 Å². The summed E-state index contributed by atoms with van der Waals surface area (Å²) in [5.41, 5.74) is 4.18. The molecular formula is C19H25N3O. The van der Waals surface area contributed by atoms with Crippen molar-refractivity contribution in [2.24, 2.45) is 26.5 Å². The van der Waals surface area contributed by atoms with Gasteiger partial charge in [0.1, 0.15) is 0 Å². The maximum atomic E-state index is 13.1. The van der Waals surface area contributed by atoms with Crippen molar-refractivity contribution in [3.8, 4) is 0 Å². The van der Waals surface area contributed by atoms with Crippen LogP contribution in [0.25, 0.3) is 0 Å². The first-order chi connectivity index (χ1) is 10.9. The standard InChI is InChI=1S/C19H25N3O/c1-17(2)9-13-15(14(23)10-17)19(12-11-20-22-16(12)21-13)7-5-18(3-4-18)6-8-19/h21H,3-11H2,1-2H3. The van der Waals surface area contributed by atoms with Crippen LogP contribution in [0.5, 0.6) is 0 Å². The number of dihydropyridines is 1. The third-order valence-corrected chi connectivity index (χ3v) is 7.01. The monoisotopic (exact) mass is 311 g/mol. The first-order valence-electron chi connectivity index (χ1n) is 9.08. The number of allylic oxidation sites excluding steroid dienone is 2. The predicted molar refractivity (Wildman–Crippen MR) is 87.5 cm³/mol. The number of carbonyl (C=O) groups is 1. The van der Waals surface area contributed by atoms with E-state index in [4.69, 9.17) is 0 Å². The lowest BCUT2D eigenvalue weighted by atomic mass is 9.56. The molecule has 0 atom stereocenters. The molecule has 0 bridgehead atoms. The molecule has 2 saturated carbocycles. The summed E-state index contributed by atoms with van der Waals surface area (Å²) in [6, 6.07) is 0. The number of azo groups is 1. The topological polar surface area (TPSA) is 53.8 Å². The zero-order valence-electron chi connectivity index (χ0n) is 14.2. The normalized spacial score (nSPS) is 32.2. The van der Waals surface area contributed by atoms with Crippen LogP contribution in [0.4, 0.5) is 0 Å². The molecule has 2 spiro atoms. The Morgan fingerprint density at radius 2 is 1.70 bits per heavy atom. The van der Waals surface area contributed by atoms with Crippen LogP contribution >= 0.6 is 0 Å². The molecule has 4 nitrogen and oxygen atoms in total. The molecular weight excluding hydrogens is 286 g/mol. The number of rotatable bonds is 0. The summed E-state index contributed by atoms with van der Waals surface area (Å²) in [4.78, 5) is 13.1. The molecule has 122 valence electrons. The van der Waals surface area contributed by atoms with Gasteiger partial charge in [-0.2, -0.15) is 5.11 Å². The quantitative estimate of drug-likeness (QED) is 0.727. The average Bonchev–Trinajstić information content (AvgIpc) is 3.06. The molecule has 5 rings (SSSR count). The highest BCUT2D eigenvalue weighted by Crippen LogP contribution is 2.65. The number of ketones is 1. The number of Topliss-reactive ketones (excluding diaryl/α,β-unsaturated/α-hetero) is 1. The molecule has 0 radical (unpaired) electrons. The van der Waals surface area contributed by atoms with Gasteiger partial charge in [-0.05, 0) is 55.8 Å². The van der Waals surface area contributed by atoms with Gasteiger partial charge in [0.2, 0.25) is 0 Å². The first kappa shape index (κ1) is 13.9. The third kappa shape index (κ3) is 1.87. The molecule has 0 aromatic heterocycles. The minimum absolute atomic E-state index is 0.0459. The largest absolute Gasteiger partial charge is 0.342 e. The molecule has 2 aliphatic heterocycles. The summed E-state index contributed by atoms with van der Waals surface area (Å²) in [5.74, 6) is 1.33. The van der Waals surface area contributed by atoms with Gasteiger partial charge in [0, 0.05) is 28.7 Å². The van der Waals surface area contributed by atoms with Gasteiger partial charge in [-0.25, -0.2) is 0 Å². The fourth-order valence-corrected chi connectivity index (χ4v) is 5.50. The van der Waals surface area contributed by atoms with Crippen molar-refractivity contribution in [3.05, 3.63) is 22.7 Å². The number of nitrogens with one attached hydrogen (secondary N) is 1. The van der Waals surface area contributed by atoms with Crippen molar-refractivity contribution in [3.63, 3.8) is 0 Å². The summed E-state index contributed by atoms with van der Waals surface area (Å²) in [5, 5.41) is 12.2. The Hall–Kier alpha value is -1.45. The summed E-state index contributed by atoms with van der Waals surface area (Å²) >= 11 is 0. The molecule has 23 heavy (non-hydrogen) atoms. The van der Waals surface area contributed by atoms with E-state index in [9.17, 15) is 4.79 Å². The van der Waals surface area contributed by atoms with Crippen LogP contribution in [0.15, 0.2) is 32.9 Å². The molecule has 4 heteroatoms. The van der Waals surface area contributed by atoms with Crippen LogP contribution in [0.1, 0.15) is 65.2 Å². The maximum Gasteiger partial charge on any atom is 0.162 e. The van der Waals surface area contributed by atoms with E-state index in [-0.39, 0.29) is 10.8 Å². The van der Waals surface area contributed by atoms with E-state index in [1.165, 1.54) is 31.3 Å². The van der Waals surface area contributed by atoms with Gasteiger partial charge < -0.3 is 5.32 Å². The van der Waals surface area contributed by atoms with Crippen molar-refractivity contribution in [2.75, 3.05) is 6.54 Å². The van der Waals surface area contributed by atoms with Crippen molar-refractivity contribution in [2.45, 2.75) is 65.2 Å². The minimum Gasteiger partial charge on any atom is -0.342 e. The van der Waals surface area contributed by atoms with Crippen LogP contribution in [0, 0.1) is 16.2 Å². The van der Waals surface area contributed by atoms with Gasteiger partial charge in [-0.15, -0.1) is 5.11 Å². The Morgan fingerprint density at radius 1 is 1.00 bits per heavy atom. The second-order valence-corrected chi connectivity index (χ2v) is 9.23. The highest BCUT2D eigenvalue weighted by molar-refractivity contribution is 6.00. The fourth-order valence-electron chi connectivity index (χ4n) is 5.50. The molecule has 1 N–H and O–H groups in total. The molecule has 2 heterocycles. The molecule has 0 aromatic carbocycles. The first-order valence-corrected chi connectivity index (χ1v) is 9.08. The van der Waals surface area contributed by atoms with E-state index in [2.05, 4.69) is 29.4 Å². The highest BCUT2D eigenvalue weighted by Gasteiger charge is 2.56. The summed E-state index contributed by atoms with van der Waals surface area (Å²) in [7, 11) is 0. The van der Waals surface area contributed by atoms with Crippen molar-refractivity contribution in [1.29, 1.82) is 0 Å². The molecule has 5 aliphatic rings. The lowest BCUT2D eigenvalue weighted by molar-refractivity contribution is -0.119. The van der Waals surface area contributed by atoms with E-state index in [0.717, 1.165) is 36.4 Å². The van der Waals surface area contributed by atoms with Crippen molar-refractivity contribution in [1.82, 2.24) is 5.32 Å². The van der Waals surface area contributed by atoms with E-state index in [0.29, 0.717) is 24.2 Å². The Bertz CT molecular complexity index is 696. The predicted octanol–water partition coefficient (Wildman–Crippen LogP) is 4.25. The molecule has 2 fully saturated rings. The van der Waals surface area contributed by atoms with E-state index >= 15 is 0 Å². The third-order valence-electron chi connectivity index (χ3n) is 7.01. The lowest BCUT2D eigenvalue weighted by Gasteiger charge is -2.48. The number of nitrogens with zero attached hydrogens (tertiary/aromatic N) is 2. The Labute approximate surface area is 137 Å². The number of carbonyl (C=O) groups excluding carboxylic acids is 1. The number of fused-ring (bicyclic) bond motifs is 2. The van der Waals surface area contributed by atoms with E-state index in [1.807, 2.05) is 0 Å². The lowest BCUT2D eigenvalue weighted by Crippen LogP contribution is -2.45. The Kier molecular flexibility index (Phi) is 2.51. The molecule has 0 aromatic rings. The number of hydrogen-bond donors (Lipinski definition) is 1. The smallest absolute Gasteiger partial charge is 0.162 e. The zero-order chi connectivity index (χ0) is 15.9. The van der Waals surface area contributed by atoms with Crippen LogP contribution in [-0.4, -0.2) is 12.3 Å². The van der Waals surface area contributed by atoms with Gasteiger partial charge in [-0.3, -0.25) is 4.79 Å². The van der Waals surface area contributed by atoms with Crippen molar-refractivity contribution >= 4 is 5.78 Å². The van der Waals surface area contributed by atoms with Crippen LogP contribution in [-0.2, 0) is 4.79 Å². The van der Waals surface area contributed by atoms with Gasteiger partial charge in [0.25, 0.3) is 0 Å². The summed E-state index contributed by atoms with van der Waals surface area (Å²) < 4.78 is 0. The molecule has 0 saturated heterocycles. The second-order valence-electron chi connectivity index (χ2n) is 9.23.